The molecule has 0 fully saturated rings. The van der Waals surface area contributed by atoms with Crippen molar-refractivity contribution in [3.05, 3.63) is 64.7 Å². The van der Waals surface area contributed by atoms with Crippen molar-refractivity contribution in [3.63, 3.8) is 0 Å². The van der Waals surface area contributed by atoms with Crippen LogP contribution < -0.4 is 10.1 Å². The van der Waals surface area contributed by atoms with Crippen LogP contribution >= 0.6 is 0 Å². The molecule has 5 nitrogen and oxygen atoms in total. The molecule has 2 aromatic carbocycles. The van der Waals surface area contributed by atoms with Gasteiger partial charge in [-0.2, -0.15) is 0 Å². The Morgan fingerprint density at radius 1 is 1.06 bits per heavy atom. The second kappa shape index (κ2) is 11.5. The summed E-state index contributed by atoms with van der Waals surface area (Å²) in [7, 11) is 0. The fraction of sp³-hybridized carbons (Fsp3) is 0.462. The minimum atomic E-state index is -0.546. The lowest BCUT2D eigenvalue weighted by Gasteiger charge is -2.31. The maximum atomic E-state index is 13.3. The summed E-state index contributed by atoms with van der Waals surface area (Å²) < 4.78 is 5.93. The minimum absolute atomic E-state index is 0.107. The molecule has 0 aliphatic heterocycles. The number of carbonyl (C=O) groups is 2. The van der Waals surface area contributed by atoms with Crippen molar-refractivity contribution < 1.29 is 14.3 Å². The highest BCUT2D eigenvalue weighted by molar-refractivity contribution is 5.88. The lowest BCUT2D eigenvalue weighted by Crippen LogP contribution is -2.50. The second-order valence-electron chi connectivity index (χ2n) is 8.56. The number of aryl methyl sites for hydroxylation is 2. The molecule has 168 valence electrons. The molecule has 0 aromatic heterocycles. The van der Waals surface area contributed by atoms with Crippen LogP contribution in [0.4, 0.5) is 0 Å². The van der Waals surface area contributed by atoms with Gasteiger partial charge in [-0.05, 0) is 61.4 Å². The van der Waals surface area contributed by atoms with Crippen LogP contribution in [0.3, 0.4) is 0 Å². The predicted octanol–water partition coefficient (Wildman–Crippen LogP) is 4.57. The first kappa shape index (κ1) is 24.4. The zero-order valence-corrected chi connectivity index (χ0v) is 19.7. The van der Waals surface area contributed by atoms with Crippen LogP contribution in [-0.2, 0) is 16.1 Å². The Morgan fingerprint density at radius 3 is 2.35 bits per heavy atom. The van der Waals surface area contributed by atoms with Gasteiger partial charge in [-0.25, -0.2) is 0 Å². The number of nitrogens with zero attached hydrogens (tertiary/aromatic N) is 1. The highest BCUT2D eigenvalue weighted by Gasteiger charge is 2.29. The molecule has 31 heavy (non-hydrogen) atoms. The van der Waals surface area contributed by atoms with Crippen molar-refractivity contribution in [2.45, 2.75) is 60.5 Å². The van der Waals surface area contributed by atoms with Crippen LogP contribution in [0.25, 0.3) is 0 Å². The van der Waals surface area contributed by atoms with Crippen LogP contribution in [0.1, 0.15) is 49.4 Å². The standard InChI is InChI=1S/C26H36N2O3/c1-7-23(26(30)27-15-18(2)3)28(16-22-11-9-8-10-12-22)25(29)17-31-24-14-19(4)13-20(5)21(24)6/h8-14,18,23H,7,15-17H2,1-6H3,(H,27,30)/t23-/m0/s1. The normalized spacial score (nSPS) is 11.8. The number of ether oxygens (including phenoxy) is 1. The first-order valence-electron chi connectivity index (χ1n) is 11.0. The quantitative estimate of drug-likeness (QED) is 0.608. The van der Waals surface area contributed by atoms with Crippen molar-refractivity contribution in [2.24, 2.45) is 5.92 Å². The van der Waals surface area contributed by atoms with Gasteiger partial charge in [-0.1, -0.05) is 57.2 Å². The summed E-state index contributed by atoms with van der Waals surface area (Å²) in [5.41, 5.74) is 4.22. The van der Waals surface area contributed by atoms with E-state index in [2.05, 4.69) is 11.4 Å². The number of hydrogen-bond acceptors (Lipinski definition) is 3. The third kappa shape index (κ3) is 7.12. The number of benzene rings is 2. The van der Waals surface area contributed by atoms with Gasteiger partial charge in [0.05, 0.1) is 0 Å². The number of carbonyl (C=O) groups excluding carboxylic acids is 2. The lowest BCUT2D eigenvalue weighted by molar-refractivity contribution is -0.143. The Bertz CT molecular complexity index is 878. The minimum Gasteiger partial charge on any atom is -0.483 e. The predicted molar refractivity (Wildman–Crippen MR) is 125 cm³/mol. The molecular formula is C26H36N2O3. The van der Waals surface area contributed by atoms with E-state index in [-0.39, 0.29) is 18.4 Å². The number of rotatable bonds is 10. The topological polar surface area (TPSA) is 58.6 Å². The summed E-state index contributed by atoms with van der Waals surface area (Å²) in [4.78, 5) is 27.8. The molecule has 0 unspecified atom stereocenters. The van der Waals surface area contributed by atoms with Crippen molar-refractivity contribution in [1.29, 1.82) is 0 Å². The zero-order chi connectivity index (χ0) is 23.0. The Hall–Kier alpha value is -2.82. The number of amides is 2. The smallest absolute Gasteiger partial charge is 0.261 e. The Labute approximate surface area is 186 Å². The maximum absolute atomic E-state index is 13.3. The van der Waals surface area contributed by atoms with Gasteiger partial charge in [0.25, 0.3) is 5.91 Å². The molecule has 0 saturated heterocycles. The third-order valence-electron chi connectivity index (χ3n) is 5.38. The van der Waals surface area contributed by atoms with E-state index in [1.54, 1.807) is 4.90 Å². The van der Waals surface area contributed by atoms with Gasteiger partial charge in [0.1, 0.15) is 11.8 Å². The van der Waals surface area contributed by atoms with E-state index in [1.165, 1.54) is 0 Å². The molecule has 5 heteroatoms. The summed E-state index contributed by atoms with van der Waals surface area (Å²) in [6.45, 7) is 12.9. The number of nitrogens with one attached hydrogen (secondary N) is 1. The van der Waals surface area contributed by atoms with Crippen LogP contribution in [0.15, 0.2) is 42.5 Å². The largest absolute Gasteiger partial charge is 0.483 e. The second-order valence-corrected chi connectivity index (χ2v) is 8.56. The van der Waals surface area contributed by atoms with Gasteiger partial charge < -0.3 is 15.0 Å². The fourth-order valence-corrected chi connectivity index (χ4v) is 3.50. The average Bonchev–Trinajstić information content (AvgIpc) is 2.74. The van der Waals surface area contributed by atoms with Crippen molar-refractivity contribution in [2.75, 3.05) is 13.2 Å². The summed E-state index contributed by atoms with van der Waals surface area (Å²) in [5.74, 6) is 0.732. The number of hydrogen-bond donors (Lipinski definition) is 1. The Morgan fingerprint density at radius 2 is 1.74 bits per heavy atom. The van der Waals surface area contributed by atoms with Gasteiger partial charge in [0, 0.05) is 13.1 Å². The van der Waals surface area contributed by atoms with Gasteiger partial charge in [0.2, 0.25) is 5.91 Å². The summed E-state index contributed by atoms with van der Waals surface area (Å²) >= 11 is 0. The van der Waals surface area contributed by atoms with Gasteiger partial charge >= 0.3 is 0 Å². The van der Waals surface area contributed by atoms with E-state index >= 15 is 0 Å². The van der Waals surface area contributed by atoms with E-state index in [0.29, 0.717) is 31.2 Å². The maximum Gasteiger partial charge on any atom is 0.261 e. The molecule has 2 rings (SSSR count). The molecule has 0 radical (unpaired) electrons. The summed E-state index contributed by atoms with van der Waals surface area (Å²) in [5, 5.41) is 2.98. The molecule has 0 spiro atoms. The van der Waals surface area contributed by atoms with E-state index in [4.69, 9.17) is 4.74 Å². The molecule has 1 atom stereocenters. The molecule has 0 aliphatic carbocycles. The summed E-state index contributed by atoms with van der Waals surface area (Å²) in [6, 6.07) is 13.2. The average molecular weight is 425 g/mol. The molecular weight excluding hydrogens is 388 g/mol. The van der Waals surface area contributed by atoms with Crippen LogP contribution in [-0.4, -0.2) is 35.9 Å². The highest BCUT2D eigenvalue weighted by atomic mass is 16.5. The molecule has 0 aliphatic rings. The van der Waals surface area contributed by atoms with Gasteiger partial charge in [-0.3, -0.25) is 9.59 Å². The van der Waals surface area contributed by atoms with Crippen LogP contribution in [0, 0.1) is 26.7 Å². The highest BCUT2D eigenvalue weighted by Crippen LogP contribution is 2.23. The Kier molecular flexibility index (Phi) is 9.10. The molecule has 2 aromatic rings. The SMILES string of the molecule is CC[C@@H](C(=O)NCC(C)C)N(Cc1ccccc1)C(=O)COc1cc(C)cc(C)c1C. The molecule has 0 heterocycles. The van der Waals surface area contributed by atoms with Crippen molar-refractivity contribution in [3.8, 4) is 5.75 Å². The molecule has 0 saturated carbocycles. The van der Waals surface area contributed by atoms with Crippen LogP contribution in [0.5, 0.6) is 5.75 Å². The Balaban J connectivity index is 2.22. The lowest BCUT2D eigenvalue weighted by atomic mass is 10.1. The van der Waals surface area contributed by atoms with Crippen molar-refractivity contribution >= 4 is 11.8 Å². The van der Waals surface area contributed by atoms with E-state index in [0.717, 1.165) is 22.3 Å². The fourth-order valence-electron chi connectivity index (χ4n) is 3.50. The van der Waals surface area contributed by atoms with Gasteiger partial charge in [0.15, 0.2) is 6.61 Å². The van der Waals surface area contributed by atoms with Gasteiger partial charge in [-0.15, -0.1) is 0 Å². The molecule has 2 amide bonds. The zero-order valence-electron chi connectivity index (χ0n) is 19.7. The third-order valence-corrected chi connectivity index (χ3v) is 5.38. The monoisotopic (exact) mass is 424 g/mol. The molecule has 0 bridgehead atoms. The molecule has 1 N–H and O–H groups in total. The summed E-state index contributed by atoms with van der Waals surface area (Å²) in [6.07, 6.45) is 0.533. The first-order chi connectivity index (χ1) is 14.7. The first-order valence-corrected chi connectivity index (χ1v) is 11.0. The van der Waals surface area contributed by atoms with E-state index in [9.17, 15) is 9.59 Å². The van der Waals surface area contributed by atoms with E-state index in [1.807, 2.05) is 77.9 Å². The van der Waals surface area contributed by atoms with E-state index < -0.39 is 6.04 Å². The van der Waals surface area contributed by atoms with Crippen LogP contribution in [0.2, 0.25) is 0 Å². The van der Waals surface area contributed by atoms with Crippen molar-refractivity contribution in [1.82, 2.24) is 10.2 Å².